The van der Waals surface area contributed by atoms with E-state index in [0.717, 1.165) is 88.5 Å². The lowest BCUT2D eigenvalue weighted by molar-refractivity contribution is 0.0698. The van der Waals surface area contributed by atoms with Gasteiger partial charge in [-0.05, 0) is 133 Å². The minimum atomic E-state index is -0.923. The van der Waals surface area contributed by atoms with Gasteiger partial charge in [0.1, 0.15) is 5.82 Å². The van der Waals surface area contributed by atoms with E-state index in [1.165, 1.54) is 67.2 Å². The molecule has 48 heavy (non-hydrogen) atoms. The summed E-state index contributed by atoms with van der Waals surface area (Å²) in [6.07, 6.45) is 16.9. The number of aromatic nitrogens is 3. The summed E-state index contributed by atoms with van der Waals surface area (Å²) < 4.78 is 2.50. The Labute approximate surface area is 281 Å². The summed E-state index contributed by atoms with van der Waals surface area (Å²) in [7, 11) is 0. The predicted molar refractivity (Wildman–Crippen MR) is 194 cm³/mol. The van der Waals surface area contributed by atoms with E-state index in [1.54, 1.807) is 6.20 Å². The van der Waals surface area contributed by atoms with E-state index in [-0.39, 0.29) is 0 Å². The van der Waals surface area contributed by atoms with Gasteiger partial charge in [-0.25, -0.2) is 9.78 Å². The van der Waals surface area contributed by atoms with E-state index in [4.69, 9.17) is 4.98 Å². The Hall–Kier alpha value is -4.77. The highest BCUT2D eigenvalue weighted by Crippen LogP contribution is 2.45. The molecule has 1 fully saturated rings. The molecule has 0 saturated heterocycles. The number of hydrogen-bond donors (Lipinski definition) is 1. The zero-order chi connectivity index (χ0) is 32.2. The minimum Gasteiger partial charge on any atom is -0.478 e. The number of carbonyl (C=O) groups is 1. The van der Waals surface area contributed by atoms with Gasteiger partial charge in [-0.15, -0.1) is 0 Å². The Morgan fingerprint density at radius 1 is 0.688 bits per heavy atom. The summed E-state index contributed by atoms with van der Waals surface area (Å²) in [5.41, 5.74) is 13.1. The molecular weight excluding hydrogens is 590 g/mol. The third-order valence-corrected chi connectivity index (χ3v) is 11.3. The Morgan fingerprint density at radius 3 is 2.08 bits per heavy atom. The molecule has 3 aliphatic rings. The molecule has 2 heterocycles. The first kappa shape index (κ1) is 29.4. The van der Waals surface area contributed by atoms with Gasteiger partial charge >= 0.3 is 5.97 Å². The van der Waals surface area contributed by atoms with Crippen molar-refractivity contribution in [2.45, 2.75) is 89.5 Å². The Balaban J connectivity index is 1.38. The van der Waals surface area contributed by atoms with Crippen LogP contribution < -0.4 is 0 Å². The predicted octanol–water partition coefficient (Wildman–Crippen LogP) is 10.5. The Morgan fingerprint density at radius 2 is 1.35 bits per heavy atom. The van der Waals surface area contributed by atoms with E-state index in [0.29, 0.717) is 17.2 Å². The van der Waals surface area contributed by atoms with Crippen LogP contribution in [-0.4, -0.2) is 25.6 Å². The molecule has 2 aromatic heterocycles. The van der Waals surface area contributed by atoms with Crippen molar-refractivity contribution in [3.8, 4) is 33.6 Å². The van der Waals surface area contributed by atoms with Crippen LogP contribution in [0.3, 0.4) is 0 Å². The number of hydrogen-bond acceptors (Lipinski definition) is 3. The van der Waals surface area contributed by atoms with Crippen LogP contribution in [0.1, 0.15) is 96.4 Å². The number of carboxylic acids is 1. The fraction of sp³-hybridized carbons (Fsp3) is 0.326. The third kappa shape index (κ3) is 5.03. The smallest absolute Gasteiger partial charge is 0.337 e. The molecule has 0 amide bonds. The summed E-state index contributed by atoms with van der Waals surface area (Å²) in [5.74, 6) is 0.0429. The maximum atomic E-state index is 13.6. The standard InChI is InChI=1S/C43H41N3O2/c47-43(48)40-36(31-18-16-27-9-4-6-11-29(27)23-31)26-38-41(39(40)33-20-21-37-32(25-33)13-8-22-44-37)45-42(46(38)35-14-2-1-3-15-35)34-19-17-28-10-5-7-12-30(28)24-34/h8,13,16-26,35H,1-7,9-12,14-15H2,(H,47,48). The van der Waals surface area contributed by atoms with Gasteiger partial charge in [0.05, 0.1) is 22.1 Å². The fourth-order valence-corrected chi connectivity index (χ4v) is 8.88. The summed E-state index contributed by atoms with van der Waals surface area (Å²) >= 11 is 0. The normalized spacial score (nSPS) is 16.6. The van der Waals surface area contributed by atoms with Gasteiger partial charge in [0.15, 0.2) is 0 Å². The van der Waals surface area contributed by atoms with Crippen LogP contribution in [0.25, 0.3) is 55.6 Å². The van der Waals surface area contributed by atoms with Gasteiger partial charge in [0, 0.05) is 28.8 Å². The molecule has 0 aliphatic heterocycles. The highest BCUT2D eigenvalue weighted by molar-refractivity contribution is 6.12. The molecule has 6 aromatic rings. The molecule has 9 rings (SSSR count). The van der Waals surface area contributed by atoms with Crippen molar-refractivity contribution < 1.29 is 9.90 Å². The zero-order valence-electron chi connectivity index (χ0n) is 27.5. The topological polar surface area (TPSA) is 68.0 Å². The monoisotopic (exact) mass is 631 g/mol. The fourth-order valence-electron chi connectivity index (χ4n) is 8.88. The van der Waals surface area contributed by atoms with Crippen molar-refractivity contribution in [2.24, 2.45) is 0 Å². The molecule has 0 radical (unpaired) electrons. The van der Waals surface area contributed by atoms with Crippen LogP contribution in [0.15, 0.2) is 79.0 Å². The lowest BCUT2D eigenvalue weighted by atomic mass is 9.86. The molecule has 1 saturated carbocycles. The lowest BCUT2D eigenvalue weighted by Crippen LogP contribution is -2.14. The van der Waals surface area contributed by atoms with Crippen molar-refractivity contribution >= 4 is 27.9 Å². The van der Waals surface area contributed by atoms with Crippen LogP contribution in [0.2, 0.25) is 0 Å². The van der Waals surface area contributed by atoms with Crippen molar-refractivity contribution in [3.05, 3.63) is 107 Å². The second kappa shape index (κ2) is 12.0. The first-order valence-electron chi connectivity index (χ1n) is 18.0. The van der Waals surface area contributed by atoms with Gasteiger partial charge in [-0.1, -0.05) is 61.7 Å². The van der Waals surface area contributed by atoms with Crippen LogP contribution in [0, 0.1) is 0 Å². The third-order valence-electron chi connectivity index (χ3n) is 11.3. The minimum absolute atomic E-state index is 0.315. The number of benzene rings is 4. The molecular formula is C43H41N3O2. The van der Waals surface area contributed by atoms with Gasteiger partial charge in [-0.2, -0.15) is 0 Å². The maximum Gasteiger partial charge on any atom is 0.337 e. The van der Waals surface area contributed by atoms with Gasteiger partial charge in [0.2, 0.25) is 0 Å². The molecule has 5 heteroatoms. The van der Waals surface area contributed by atoms with Crippen molar-refractivity contribution in [1.29, 1.82) is 0 Å². The quantitative estimate of drug-likeness (QED) is 0.206. The van der Waals surface area contributed by atoms with E-state index in [9.17, 15) is 9.90 Å². The van der Waals surface area contributed by atoms with Crippen LogP contribution in [0.4, 0.5) is 0 Å². The number of aryl methyl sites for hydroxylation is 4. The largest absolute Gasteiger partial charge is 0.478 e. The zero-order valence-corrected chi connectivity index (χ0v) is 27.5. The summed E-state index contributed by atoms with van der Waals surface area (Å²) in [5, 5.41) is 12.1. The average Bonchev–Trinajstić information content (AvgIpc) is 3.53. The number of carboxylic acid groups (broad SMARTS) is 1. The number of aromatic carboxylic acids is 1. The molecule has 3 aliphatic carbocycles. The lowest BCUT2D eigenvalue weighted by Gasteiger charge is -2.26. The van der Waals surface area contributed by atoms with Crippen molar-refractivity contribution in [3.63, 3.8) is 0 Å². The number of rotatable bonds is 5. The molecule has 240 valence electrons. The average molecular weight is 632 g/mol. The molecule has 0 bridgehead atoms. The van der Waals surface area contributed by atoms with Crippen molar-refractivity contribution in [2.75, 3.05) is 0 Å². The molecule has 0 atom stereocenters. The highest BCUT2D eigenvalue weighted by Gasteiger charge is 2.30. The first-order valence-corrected chi connectivity index (χ1v) is 18.0. The summed E-state index contributed by atoms with van der Waals surface area (Å²) in [6.45, 7) is 0. The van der Waals surface area contributed by atoms with E-state index < -0.39 is 5.97 Å². The second-order valence-corrected chi connectivity index (χ2v) is 14.2. The Bertz CT molecular complexity index is 2220. The number of nitrogens with zero attached hydrogens (tertiary/aromatic N) is 3. The van der Waals surface area contributed by atoms with E-state index in [2.05, 4.69) is 64.1 Å². The van der Waals surface area contributed by atoms with Crippen LogP contribution in [0.5, 0.6) is 0 Å². The number of pyridine rings is 1. The van der Waals surface area contributed by atoms with Crippen molar-refractivity contribution in [1.82, 2.24) is 14.5 Å². The molecule has 5 nitrogen and oxygen atoms in total. The van der Waals surface area contributed by atoms with E-state index >= 15 is 0 Å². The molecule has 1 N–H and O–H groups in total. The van der Waals surface area contributed by atoms with E-state index in [1.807, 2.05) is 18.2 Å². The molecule has 4 aromatic carbocycles. The van der Waals surface area contributed by atoms with Gasteiger partial charge in [-0.3, -0.25) is 4.98 Å². The SMILES string of the molecule is O=C(O)c1c(-c2ccc3c(c2)CCCC3)cc2c(nc(-c3ccc4c(c3)CCCC4)n2C2CCCCC2)c1-c1ccc2ncccc2c1. The van der Waals surface area contributed by atoms with Crippen LogP contribution >= 0.6 is 0 Å². The number of imidazole rings is 1. The van der Waals surface area contributed by atoms with Gasteiger partial charge < -0.3 is 9.67 Å². The molecule has 0 spiro atoms. The summed E-state index contributed by atoms with van der Waals surface area (Å²) in [6, 6.07) is 26.2. The van der Waals surface area contributed by atoms with Crippen LogP contribution in [-0.2, 0) is 25.7 Å². The summed E-state index contributed by atoms with van der Waals surface area (Å²) in [4.78, 5) is 23.6. The first-order chi connectivity index (χ1) is 23.6. The maximum absolute atomic E-state index is 13.6. The highest BCUT2D eigenvalue weighted by atomic mass is 16.4. The molecule has 0 unspecified atom stereocenters. The van der Waals surface area contributed by atoms with Gasteiger partial charge in [0.25, 0.3) is 0 Å². The second-order valence-electron chi connectivity index (χ2n) is 14.2. The Kier molecular flexibility index (Phi) is 7.37. The number of fused-ring (bicyclic) bond motifs is 4.